The van der Waals surface area contributed by atoms with E-state index in [1.807, 2.05) is 0 Å². The van der Waals surface area contributed by atoms with E-state index in [0.29, 0.717) is 5.69 Å². The van der Waals surface area contributed by atoms with Crippen LogP contribution in [0.3, 0.4) is 0 Å². The SMILES string of the molecule is Cc1cc(Br)c(-c2[nH]ncc2N)s1. The van der Waals surface area contributed by atoms with Crippen molar-refractivity contribution in [2.75, 3.05) is 5.73 Å². The minimum Gasteiger partial charge on any atom is -0.396 e. The Morgan fingerprint density at radius 1 is 1.62 bits per heavy atom. The molecule has 0 bridgehead atoms. The maximum Gasteiger partial charge on any atom is 0.0991 e. The third-order valence-corrected chi connectivity index (χ3v) is 3.66. The second-order valence-electron chi connectivity index (χ2n) is 2.73. The highest BCUT2D eigenvalue weighted by Gasteiger charge is 2.11. The number of thiophene rings is 1. The van der Waals surface area contributed by atoms with E-state index in [0.717, 1.165) is 15.0 Å². The van der Waals surface area contributed by atoms with Crippen molar-refractivity contribution in [3.63, 3.8) is 0 Å². The van der Waals surface area contributed by atoms with Crippen molar-refractivity contribution < 1.29 is 0 Å². The van der Waals surface area contributed by atoms with Gasteiger partial charge in [-0.1, -0.05) is 0 Å². The van der Waals surface area contributed by atoms with Crippen LogP contribution in [0.4, 0.5) is 5.69 Å². The monoisotopic (exact) mass is 257 g/mol. The predicted octanol–water partition coefficient (Wildman–Crippen LogP) is 2.79. The Labute approximate surface area is 88.1 Å². The Morgan fingerprint density at radius 2 is 2.38 bits per heavy atom. The Bertz CT molecular complexity index is 432. The molecular weight excluding hydrogens is 250 g/mol. The van der Waals surface area contributed by atoms with E-state index < -0.39 is 0 Å². The lowest BCUT2D eigenvalue weighted by Gasteiger charge is -1.94. The van der Waals surface area contributed by atoms with Crippen molar-refractivity contribution in [1.29, 1.82) is 0 Å². The molecule has 0 saturated heterocycles. The van der Waals surface area contributed by atoms with Gasteiger partial charge in [0.1, 0.15) is 0 Å². The smallest absolute Gasteiger partial charge is 0.0991 e. The lowest BCUT2D eigenvalue weighted by molar-refractivity contribution is 1.10. The molecule has 3 N–H and O–H groups in total. The van der Waals surface area contributed by atoms with Crippen molar-refractivity contribution in [1.82, 2.24) is 10.2 Å². The van der Waals surface area contributed by atoms with Crippen molar-refractivity contribution in [3.8, 4) is 10.6 Å². The fourth-order valence-electron chi connectivity index (χ4n) is 1.13. The number of nitrogens with one attached hydrogen (secondary N) is 1. The number of hydrogen-bond donors (Lipinski definition) is 2. The highest BCUT2D eigenvalue weighted by Crippen LogP contribution is 2.37. The summed E-state index contributed by atoms with van der Waals surface area (Å²) in [5, 5.41) is 6.77. The zero-order chi connectivity index (χ0) is 9.42. The number of rotatable bonds is 1. The molecule has 5 heteroatoms. The van der Waals surface area contributed by atoms with Crippen LogP contribution >= 0.6 is 27.3 Å². The summed E-state index contributed by atoms with van der Waals surface area (Å²) >= 11 is 5.17. The van der Waals surface area contributed by atoms with Crippen LogP contribution in [0.25, 0.3) is 10.6 Å². The molecule has 2 heterocycles. The topological polar surface area (TPSA) is 54.7 Å². The first-order valence-electron chi connectivity index (χ1n) is 3.73. The molecule has 68 valence electrons. The van der Waals surface area contributed by atoms with Crippen LogP contribution in [-0.2, 0) is 0 Å². The second kappa shape index (κ2) is 3.16. The van der Waals surface area contributed by atoms with Gasteiger partial charge in [0.25, 0.3) is 0 Å². The standard InChI is InChI=1S/C8H8BrN3S/c1-4-2-5(9)8(13-4)7-6(10)3-11-12-7/h2-3H,10H2,1H3,(H,11,12). The zero-order valence-corrected chi connectivity index (χ0v) is 9.37. The van der Waals surface area contributed by atoms with E-state index in [9.17, 15) is 0 Å². The first-order chi connectivity index (χ1) is 6.18. The first-order valence-corrected chi connectivity index (χ1v) is 5.34. The van der Waals surface area contributed by atoms with E-state index in [1.54, 1.807) is 17.5 Å². The number of aromatic amines is 1. The Kier molecular flexibility index (Phi) is 2.13. The number of nitrogens with zero attached hydrogens (tertiary/aromatic N) is 1. The van der Waals surface area contributed by atoms with Gasteiger partial charge in [0.2, 0.25) is 0 Å². The lowest BCUT2D eigenvalue weighted by Crippen LogP contribution is -1.84. The number of aromatic nitrogens is 2. The summed E-state index contributed by atoms with van der Waals surface area (Å²) in [6.45, 7) is 2.06. The average Bonchev–Trinajstić information content (AvgIpc) is 2.58. The van der Waals surface area contributed by atoms with Crippen LogP contribution in [0.5, 0.6) is 0 Å². The molecule has 0 unspecified atom stereocenters. The number of halogens is 1. The fraction of sp³-hybridized carbons (Fsp3) is 0.125. The average molecular weight is 258 g/mol. The molecule has 2 aromatic rings. The van der Waals surface area contributed by atoms with E-state index in [1.165, 1.54) is 4.88 Å². The summed E-state index contributed by atoms with van der Waals surface area (Å²) in [4.78, 5) is 2.35. The molecule has 0 atom stereocenters. The third-order valence-electron chi connectivity index (χ3n) is 1.71. The first kappa shape index (κ1) is 8.77. The van der Waals surface area contributed by atoms with Crippen molar-refractivity contribution in [3.05, 3.63) is 21.6 Å². The van der Waals surface area contributed by atoms with Crippen LogP contribution in [0.1, 0.15) is 4.88 Å². The lowest BCUT2D eigenvalue weighted by atomic mass is 10.3. The number of H-pyrrole nitrogens is 1. The van der Waals surface area contributed by atoms with Gasteiger partial charge in [0, 0.05) is 9.35 Å². The minimum atomic E-state index is 0.683. The molecule has 0 aliphatic carbocycles. The molecule has 2 aromatic heterocycles. The summed E-state index contributed by atoms with van der Waals surface area (Å²) in [7, 11) is 0. The molecule has 0 aliphatic rings. The fourth-order valence-corrected chi connectivity index (χ4v) is 2.99. The van der Waals surface area contributed by atoms with Crippen molar-refractivity contribution in [2.24, 2.45) is 0 Å². The molecule has 0 aliphatic heterocycles. The van der Waals surface area contributed by atoms with Gasteiger partial charge in [0.15, 0.2) is 0 Å². The van der Waals surface area contributed by atoms with Gasteiger partial charge < -0.3 is 5.73 Å². The van der Waals surface area contributed by atoms with Crippen molar-refractivity contribution >= 4 is 33.0 Å². The maximum atomic E-state index is 5.74. The zero-order valence-electron chi connectivity index (χ0n) is 6.97. The molecule has 13 heavy (non-hydrogen) atoms. The number of nitrogen functional groups attached to an aromatic ring is 1. The third kappa shape index (κ3) is 1.49. The number of nitrogens with two attached hydrogens (primary N) is 1. The van der Waals surface area contributed by atoms with Gasteiger partial charge in [-0.3, -0.25) is 5.10 Å². The maximum absolute atomic E-state index is 5.74. The molecule has 0 spiro atoms. The van der Waals surface area contributed by atoms with Crippen LogP contribution in [0.2, 0.25) is 0 Å². The molecule has 0 saturated carbocycles. The summed E-state index contributed by atoms with van der Waals surface area (Å²) in [5.74, 6) is 0. The summed E-state index contributed by atoms with van der Waals surface area (Å²) in [6.07, 6.45) is 1.62. The van der Waals surface area contributed by atoms with Crippen LogP contribution < -0.4 is 5.73 Å². The molecule has 3 nitrogen and oxygen atoms in total. The van der Waals surface area contributed by atoms with Gasteiger partial charge in [-0.25, -0.2) is 0 Å². The largest absolute Gasteiger partial charge is 0.396 e. The normalized spacial score (nSPS) is 10.6. The number of anilines is 1. The summed E-state index contributed by atoms with van der Waals surface area (Å²) in [5.41, 5.74) is 7.32. The van der Waals surface area contributed by atoms with Crippen LogP contribution in [-0.4, -0.2) is 10.2 Å². The van der Waals surface area contributed by atoms with E-state index >= 15 is 0 Å². The van der Waals surface area contributed by atoms with E-state index in [4.69, 9.17) is 5.73 Å². The Morgan fingerprint density at radius 3 is 2.85 bits per heavy atom. The molecule has 0 amide bonds. The molecule has 0 radical (unpaired) electrons. The van der Waals surface area contributed by atoms with Gasteiger partial charge in [-0.15, -0.1) is 11.3 Å². The van der Waals surface area contributed by atoms with Crippen molar-refractivity contribution in [2.45, 2.75) is 6.92 Å². The number of hydrogen-bond acceptors (Lipinski definition) is 3. The molecule has 2 rings (SSSR count). The summed E-state index contributed by atoms with van der Waals surface area (Å²) < 4.78 is 1.06. The molecule has 0 fully saturated rings. The van der Waals surface area contributed by atoms with E-state index in [-0.39, 0.29) is 0 Å². The van der Waals surface area contributed by atoms with Gasteiger partial charge in [-0.2, -0.15) is 5.10 Å². The Balaban J connectivity index is 2.58. The predicted molar refractivity (Wildman–Crippen MR) is 58.8 cm³/mol. The van der Waals surface area contributed by atoms with Gasteiger partial charge in [0.05, 0.1) is 22.5 Å². The van der Waals surface area contributed by atoms with Crippen LogP contribution in [0.15, 0.2) is 16.7 Å². The van der Waals surface area contributed by atoms with Gasteiger partial charge in [-0.05, 0) is 28.9 Å². The van der Waals surface area contributed by atoms with Crippen LogP contribution in [0, 0.1) is 6.92 Å². The highest BCUT2D eigenvalue weighted by atomic mass is 79.9. The number of aryl methyl sites for hydroxylation is 1. The molecular formula is C8H8BrN3S. The quantitative estimate of drug-likeness (QED) is 0.826. The minimum absolute atomic E-state index is 0.683. The van der Waals surface area contributed by atoms with Gasteiger partial charge >= 0.3 is 0 Å². The Hall–Kier alpha value is -0.810. The highest BCUT2D eigenvalue weighted by molar-refractivity contribution is 9.10. The second-order valence-corrected chi connectivity index (χ2v) is 4.85. The molecule has 0 aromatic carbocycles. The van der Waals surface area contributed by atoms with E-state index in [2.05, 4.69) is 39.1 Å². The summed E-state index contributed by atoms with van der Waals surface area (Å²) in [6, 6.07) is 2.07.